The van der Waals surface area contributed by atoms with Crippen molar-refractivity contribution >= 4 is 23.5 Å². The van der Waals surface area contributed by atoms with Gasteiger partial charge in [0.25, 0.3) is 5.56 Å². The molecule has 23 heavy (non-hydrogen) atoms. The summed E-state index contributed by atoms with van der Waals surface area (Å²) in [7, 11) is 1.59. The number of halogens is 1. The molecule has 0 spiro atoms. The van der Waals surface area contributed by atoms with Crippen molar-refractivity contribution < 1.29 is 4.74 Å². The van der Waals surface area contributed by atoms with E-state index in [1.54, 1.807) is 13.3 Å². The van der Waals surface area contributed by atoms with Crippen LogP contribution in [-0.4, -0.2) is 23.1 Å². The summed E-state index contributed by atoms with van der Waals surface area (Å²) in [5, 5.41) is 8.26. The van der Waals surface area contributed by atoms with Gasteiger partial charge in [-0.25, -0.2) is 4.68 Å². The lowest BCUT2D eigenvalue weighted by Crippen LogP contribution is -2.36. The second-order valence-corrected chi connectivity index (χ2v) is 6.25. The highest BCUT2D eigenvalue weighted by molar-refractivity contribution is 6.32. The van der Waals surface area contributed by atoms with Crippen molar-refractivity contribution in [3.63, 3.8) is 0 Å². The van der Waals surface area contributed by atoms with Crippen molar-refractivity contribution in [2.24, 2.45) is 5.10 Å². The standard InChI is InChI=1S/C16H19ClN4O2/c1-16(2,3)21-15(22)14(17)12(10-19-21)20-18-9-11-7-5-6-8-13(11)23-4/h5-10,20H,1-4H3/b18-9+. The third kappa shape index (κ3) is 3.90. The molecule has 6 nitrogen and oxygen atoms in total. The molecule has 0 aliphatic carbocycles. The number of aromatic nitrogens is 2. The molecule has 1 aromatic heterocycles. The lowest BCUT2D eigenvalue weighted by Gasteiger charge is -2.20. The first kappa shape index (κ1) is 17.0. The normalized spacial score (nSPS) is 11.7. The van der Waals surface area contributed by atoms with Gasteiger partial charge in [0.05, 0.1) is 25.1 Å². The zero-order valence-electron chi connectivity index (χ0n) is 13.5. The fraction of sp³-hybridized carbons (Fsp3) is 0.312. The van der Waals surface area contributed by atoms with E-state index in [1.165, 1.54) is 10.9 Å². The minimum atomic E-state index is -0.445. The van der Waals surface area contributed by atoms with Crippen LogP contribution >= 0.6 is 11.6 Å². The quantitative estimate of drug-likeness (QED) is 0.689. The number of hydrazone groups is 1. The molecule has 2 aromatic rings. The lowest BCUT2D eigenvalue weighted by atomic mass is 10.1. The summed E-state index contributed by atoms with van der Waals surface area (Å²) in [5.41, 5.74) is 3.08. The monoisotopic (exact) mass is 334 g/mol. The number of nitrogens with zero attached hydrogens (tertiary/aromatic N) is 3. The Morgan fingerprint density at radius 3 is 2.70 bits per heavy atom. The van der Waals surface area contributed by atoms with Gasteiger partial charge < -0.3 is 4.74 Å². The number of hydrogen-bond acceptors (Lipinski definition) is 5. The predicted octanol–water partition coefficient (Wildman–Crippen LogP) is 3.11. The second-order valence-electron chi connectivity index (χ2n) is 5.87. The summed E-state index contributed by atoms with van der Waals surface area (Å²) in [6, 6.07) is 7.45. The average molecular weight is 335 g/mol. The van der Waals surface area contributed by atoms with Crippen LogP contribution in [0.15, 0.2) is 40.4 Å². The van der Waals surface area contributed by atoms with Gasteiger partial charge in [0.1, 0.15) is 16.5 Å². The van der Waals surface area contributed by atoms with E-state index in [9.17, 15) is 4.79 Å². The molecule has 0 saturated carbocycles. The molecular formula is C16H19ClN4O2. The fourth-order valence-electron chi connectivity index (χ4n) is 1.93. The molecule has 0 aliphatic heterocycles. The van der Waals surface area contributed by atoms with Crippen molar-refractivity contribution in [2.45, 2.75) is 26.3 Å². The number of methoxy groups -OCH3 is 1. The highest BCUT2D eigenvalue weighted by Gasteiger charge is 2.19. The van der Waals surface area contributed by atoms with E-state index in [4.69, 9.17) is 16.3 Å². The number of ether oxygens (including phenoxy) is 1. The van der Waals surface area contributed by atoms with Crippen LogP contribution < -0.4 is 15.7 Å². The number of nitrogens with one attached hydrogen (secondary N) is 1. The molecule has 0 unspecified atom stereocenters. The van der Waals surface area contributed by atoms with Gasteiger partial charge in [0.15, 0.2) is 0 Å². The van der Waals surface area contributed by atoms with E-state index in [0.717, 1.165) is 5.56 Å². The van der Waals surface area contributed by atoms with Gasteiger partial charge >= 0.3 is 0 Å². The van der Waals surface area contributed by atoms with Crippen LogP contribution in [0.3, 0.4) is 0 Å². The summed E-state index contributed by atoms with van der Waals surface area (Å²) in [6.07, 6.45) is 3.07. The van der Waals surface area contributed by atoms with Gasteiger partial charge in [-0.2, -0.15) is 10.2 Å². The molecule has 0 atom stereocenters. The molecule has 0 aliphatic rings. The van der Waals surface area contributed by atoms with Crippen molar-refractivity contribution in [1.29, 1.82) is 0 Å². The predicted molar refractivity (Wildman–Crippen MR) is 92.7 cm³/mol. The van der Waals surface area contributed by atoms with E-state index in [1.807, 2.05) is 45.0 Å². The number of hydrogen-bond donors (Lipinski definition) is 1. The van der Waals surface area contributed by atoms with Crippen LogP contribution in [0, 0.1) is 0 Å². The minimum Gasteiger partial charge on any atom is -0.496 e. The number of para-hydroxylation sites is 1. The first-order chi connectivity index (χ1) is 10.8. The highest BCUT2D eigenvalue weighted by atomic mass is 35.5. The van der Waals surface area contributed by atoms with Crippen LogP contribution in [0.4, 0.5) is 5.69 Å². The Balaban J connectivity index is 2.23. The van der Waals surface area contributed by atoms with Gasteiger partial charge in [-0.3, -0.25) is 10.2 Å². The Kier molecular flexibility index (Phi) is 5.05. The van der Waals surface area contributed by atoms with Gasteiger partial charge in [0, 0.05) is 5.56 Å². The van der Waals surface area contributed by atoms with Crippen molar-refractivity contribution in [2.75, 3.05) is 12.5 Å². The summed E-state index contributed by atoms with van der Waals surface area (Å²) < 4.78 is 6.57. The summed E-state index contributed by atoms with van der Waals surface area (Å²) in [5.74, 6) is 0.699. The van der Waals surface area contributed by atoms with Crippen molar-refractivity contribution in [3.05, 3.63) is 51.4 Å². The van der Waals surface area contributed by atoms with Gasteiger partial charge in [0.2, 0.25) is 0 Å². The van der Waals surface area contributed by atoms with E-state index in [-0.39, 0.29) is 10.6 Å². The Morgan fingerprint density at radius 2 is 2.04 bits per heavy atom. The zero-order chi connectivity index (χ0) is 17.0. The molecule has 1 aromatic carbocycles. The molecule has 0 radical (unpaired) electrons. The molecule has 0 amide bonds. The number of anilines is 1. The maximum atomic E-state index is 12.2. The Hall–Kier alpha value is -2.34. The third-order valence-electron chi connectivity index (χ3n) is 3.08. The summed E-state index contributed by atoms with van der Waals surface area (Å²) in [4.78, 5) is 12.2. The Labute approximate surface area is 139 Å². The molecule has 7 heteroatoms. The zero-order valence-corrected chi connectivity index (χ0v) is 14.3. The molecule has 1 N–H and O–H groups in total. The maximum Gasteiger partial charge on any atom is 0.288 e. The van der Waals surface area contributed by atoms with Gasteiger partial charge in [-0.05, 0) is 32.9 Å². The largest absolute Gasteiger partial charge is 0.496 e. The average Bonchev–Trinajstić information content (AvgIpc) is 2.50. The second kappa shape index (κ2) is 6.83. The molecular weight excluding hydrogens is 316 g/mol. The molecule has 122 valence electrons. The SMILES string of the molecule is COc1ccccc1/C=N/Nc1cnn(C(C)(C)C)c(=O)c1Cl. The topological polar surface area (TPSA) is 68.5 Å². The molecule has 0 saturated heterocycles. The van der Waals surface area contributed by atoms with Crippen LogP contribution in [0.25, 0.3) is 0 Å². The highest BCUT2D eigenvalue weighted by Crippen LogP contribution is 2.19. The molecule has 1 heterocycles. The first-order valence-corrected chi connectivity index (χ1v) is 7.43. The Morgan fingerprint density at radius 1 is 1.35 bits per heavy atom. The summed E-state index contributed by atoms with van der Waals surface area (Å²) in [6.45, 7) is 5.64. The smallest absolute Gasteiger partial charge is 0.288 e. The first-order valence-electron chi connectivity index (χ1n) is 7.05. The van der Waals surface area contributed by atoms with E-state index in [2.05, 4.69) is 15.6 Å². The Bertz CT molecular complexity index is 778. The maximum absolute atomic E-state index is 12.2. The van der Waals surface area contributed by atoms with Crippen molar-refractivity contribution in [1.82, 2.24) is 9.78 Å². The van der Waals surface area contributed by atoms with E-state index >= 15 is 0 Å². The molecule has 2 rings (SSSR count). The van der Waals surface area contributed by atoms with Gasteiger partial charge in [-0.15, -0.1) is 0 Å². The minimum absolute atomic E-state index is 0.0482. The van der Waals surface area contributed by atoms with E-state index in [0.29, 0.717) is 11.4 Å². The molecule has 0 fully saturated rings. The van der Waals surface area contributed by atoms with Crippen molar-refractivity contribution in [3.8, 4) is 5.75 Å². The van der Waals surface area contributed by atoms with Crippen LogP contribution in [-0.2, 0) is 5.54 Å². The lowest BCUT2D eigenvalue weighted by molar-refractivity contribution is 0.338. The number of rotatable bonds is 4. The van der Waals surface area contributed by atoms with Crippen LogP contribution in [0.1, 0.15) is 26.3 Å². The fourth-order valence-corrected chi connectivity index (χ4v) is 2.10. The molecule has 0 bridgehead atoms. The van der Waals surface area contributed by atoms with Crippen LogP contribution in [0.2, 0.25) is 5.02 Å². The summed E-state index contributed by atoms with van der Waals surface area (Å²) >= 11 is 6.11. The number of benzene rings is 1. The third-order valence-corrected chi connectivity index (χ3v) is 3.45. The van der Waals surface area contributed by atoms with Crippen LogP contribution in [0.5, 0.6) is 5.75 Å². The van der Waals surface area contributed by atoms with Gasteiger partial charge in [-0.1, -0.05) is 23.7 Å². The van der Waals surface area contributed by atoms with E-state index < -0.39 is 5.54 Å².